The summed E-state index contributed by atoms with van der Waals surface area (Å²) in [7, 11) is -4.64. The first kappa shape index (κ1) is 19.2. The van der Waals surface area contributed by atoms with Crippen LogP contribution in [0.15, 0.2) is 35.9 Å². The summed E-state index contributed by atoms with van der Waals surface area (Å²) in [5.41, 5.74) is 4.35. The average molecular weight is 432 g/mol. The summed E-state index contributed by atoms with van der Waals surface area (Å²) >= 11 is 0. The van der Waals surface area contributed by atoms with Gasteiger partial charge in [0.1, 0.15) is 0 Å². The van der Waals surface area contributed by atoms with Gasteiger partial charge in [0.25, 0.3) is 0 Å². The molecule has 30 heavy (non-hydrogen) atoms. The second-order valence-corrected chi connectivity index (χ2v) is 10.3. The summed E-state index contributed by atoms with van der Waals surface area (Å²) in [6, 6.07) is 9.64. The Balaban J connectivity index is 0.000000318. The summed E-state index contributed by atoms with van der Waals surface area (Å²) < 4.78 is 15.1. The first-order chi connectivity index (χ1) is 14.3. The normalized spacial score (nSPS) is 40.2. The molecule has 1 aromatic carbocycles. The lowest BCUT2D eigenvalue weighted by atomic mass is 9.53. The summed E-state index contributed by atoms with van der Waals surface area (Å²) in [6.45, 7) is 2.97. The minimum Gasteiger partial charge on any atom is -0.373 e. The first-order valence-corrected chi connectivity index (χ1v) is 12.1. The highest BCUT2D eigenvalue weighted by Gasteiger charge is 2.70. The highest BCUT2D eigenvalue weighted by Crippen LogP contribution is 2.65. The van der Waals surface area contributed by atoms with Crippen LogP contribution >= 0.6 is 7.82 Å². The van der Waals surface area contributed by atoms with E-state index >= 15 is 0 Å². The number of hydrogen-bond donors (Lipinski definition) is 3. The van der Waals surface area contributed by atoms with E-state index in [9.17, 15) is 4.79 Å². The molecule has 0 radical (unpaired) electrons. The summed E-state index contributed by atoms with van der Waals surface area (Å²) in [5, 5.41) is 0. The van der Waals surface area contributed by atoms with Gasteiger partial charge < -0.3 is 24.3 Å². The molecule has 0 aromatic heterocycles. The number of anilines is 1. The fourth-order valence-electron chi connectivity index (χ4n) is 7.51. The second-order valence-electron chi connectivity index (χ2n) is 9.29. The van der Waals surface area contributed by atoms with Crippen LogP contribution in [0.2, 0.25) is 0 Å². The number of rotatable bonds is 0. The zero-order valence-electron chi connectivity index (χ0n) is 16.4. The van der Waals surface area contributed by atoms with E-state index in [1.54, 1.807) is 5.57 Å². The van der Waals surface area contributed by atoms with Crippen molar-refractivity contribution in [1.29, 1.82) is 0 Å². The molecule has 2 bridgehead atoms. The third-order valence-corrected chi connectivity index (χ3v) is 8.22. The lowest BCUT2D eigenvalue weighted by Gasteiger charge is -2.58. The number of phosphoric acid groups is 1. The molecule has 5 aliphatic heterocycles. The smallest absolute Gasteiger partial charge is 0.373 e. The predicted molar refractivity (Wildman–Crippen MR) is 108 cm³/mol. The van der Waals surface area contributed by atoms with E-state index in [0.717, 1.165) is 6.54 Å². The fourth-order valence-corrected chi connectivity index (χ4v) is 7.51. The maximum Gasteiger partial charge on any atom is 0.466 e. The third kappa shape index (κ3) is 2.46. The van der Waals surface area contributed by atoms with Crippen LogP contribution in [-0.4, -0.2) is 63.4 Å². The van der Waals surface area contributed by atoms with Gasteiger partial charge in [-0.2, -0.15) is 0 Å². The number of amides is 1. The molecular formula is C21H25N2O6P. The van der Waals surface area contributed by atoms with Gasteiger partial charge in [0.15, 0.2) is 0 Å². The Hall–Kier alpha value is -1.54. The van der Waals surface area contributed by atoms with E-state index in [4.69, 9.17) is 24.0 Å². The fraction of sp³-hybridized carbons (Fsp3) is 0.571. The molecule has 9 heteroatoms. The molecule has 1 aromatic rings. The lowest BCUT2D eigenvalue weighted by molar-refractivity contribution is -0.132. The van der Waals surface area contributed by atoms with Gasteiger partial charge in [-0.15, -0.1) is 0 Å². The molecular weight excluding hydrogens is 407 g/mol. The van der Waals surface area contributed by atoms with E-state index in [1.807, 2.05) is 0 Å². The van der Waals surface area contributed by atoms with Gasteiger partial charge in [-0.1, -0.05) is 29.8 Å². The van der Waals surface area contributed by atoms with Crippen molar-refractivity contribution < 1.29 is 28.8 Å². The van der Waals surface area contributed by atoms with Crippen LogP contribution in [-0.2, 0) is 19.5 Å². The summed E-state index contributed by atoms with van der Waals surface area (Å²) in [4.78, 5) is 39.6. The van der Waals surface area contributed by atoms with Gasteiger partial charge in [-0.3, -0.25) is 9.69 Å². The van der Waals surface area contributed by atoms with Gasteiger partial charge in [0.05, 0.1) is 25.2 Å². The van der Waals surface area contributed by atoms with Crippen molar-refractivity contribution in [3.05, 3.63) is 41.5 Å². The third-order valence-electron chi connectivity index (χ3n) is 8.22. The monoisotopic (exact) mass is 432 g/mol. The van der Waals surface area contributed by atoms with Crippen molar-refractivity contribution >= 4 is 19.4 Å². The molecule has 4 fully saturated rings. The van der Waals surface area contributed by atoms with Crippen molar-refractivity contribution in [3.63, 3.8) is 0 Å². The highest BCUT2D eigenvalue weighted by molar-refractivity contribution is 7.45. The highest BCUT2D eigenvalue weighted by atomic mass is 31.2. The number of benzene rings is 1. The van der Waals surface area contributed by atoms with Gasteiger partial charge in [-0.25, -0.2) is 4.57 Å². The van der Waals surface area contributed by atoms with E-state index in [1.165, 1.54) is 30.6 Å². The maximum absolute atomic E-state index is 13.2. The second kappa shape index (κ2) is 6.25. The quantitative estimate of drug-likeness (QED) is 0.417. The van der Waals surface area contributed by atoms with E-state index in [2.05, 4.69) is 40.1 Å². The van der Waals surface area contributed by atoms with E-state index < -0.39 is 7.82 Å². The first-order valence-electron chi connectivity index (χ1n) is 10.5. The number of ether oxygens (including phenoxy) is 1. The Labute approximate surface area is 174 Å². The van der Waals surface area contributed by atoms with Crippen molar-refractivity contribution in [2.24, 2.45) is 11.8 Å². The molecule has 3 N–H and O–H groups in total. The zero-order chi connectivity index (χ0) is 20.8. The topological polar surface area (TPSA) is 111 Å². The Bertz CT molecular complexity index is 999. The molecule has 8 nitrogen and oxygen atoms in total. The molecule has 1 spiro atoms. The molecule has 3 saturated heterocycles. The number of carbonyl (C=O) groups excluding carboxylic acids is 1. The van der Waals surface area contributed by atoms with Gasteiger partial charge in [0, 0.05) is 29.6 Å². The maximum atomic E-state index is 13.2. The SMILES string of the molecule is O=C1CC2OCC=C3CN4CC[C@]56c7ccccc7N1C5[C@H]2[C@H]3C[C@H]46.O=P(O)(O)O. The van der Waals surface area contributed by atoms with Crippen LogP contribution < -0.4 is 4.90 Å². The standard InChI is InChI=1S/C21H22N2O2.H3O4P/c24-18-10-16-19-13-9-17-21(6-7-22(17)11-12(13)5-8-25-16)14-3-1-2-4-15(14)23(18)20(19)21;1-5(2,3)4/h1-5,13,16-17,19-20H,6-11H2;(H3,1,2,3,4)/t13-,16?,17-,19-,20?,21+;/m0./s1. The van der Waals surface area contributed by atoms with Crippen LogP contribution in [0.3, 0.4) is 0 Å². The molecule has 1 amide bonds. The van der Waals surface area contributed by atoms with Gasteiger partial charge in [0.2, 0.25) is 5.91 Å². The molecule has 6 aliphatic rings. The molecule has 7 rings (SSSR count). The van der Waals surface area contributed by atoms with E-state index in [0.29, 0.717) is 36.9 Å². The van der Waals surface area contributed by atoms with Crippen molar-refractivity contribution in [3.8, 4) is 0 Å². The number of para-hydroxylation sites is 1. The largest absolute Gasteiger partial charge is 0.466 e. The van der Waals surface area contributed by atoms with Gasteiger partial charge >= 0.3 is 7.82 Å². The molecule has 160 valence electrons. The number of piperidine rings is 2. The number of hydrogen-bond acceptors (Lipinski definition) is 4. The lowest BCUT2D eigenvalue weighted by Crippen LogP contribution is -2.69. The summed E-state index contributed by atoms with van der Waals surface area (Å²) in [5.74, 6) is 1.35. The number of carbonyl (C=O) groups is 1. The zero-order valence-corrected chi connectivity index (χ0v) is 17.3. The Morgan fingerprint density at radius 2 is 1.97 bits per heavy atom. The minimum atomic E-state index is -4.64. The Morgan fingerprint density at radius 3 is 2.77 bits per heavy atom. The van der Waals surface area contributed by atoms with Gasteiger partial charge in [-0.05, 0) is 36.9 Å². The van der Waals surface area contributed by atoms with Crippen LogP contribution in [0, 0.1) is 11.8 Å². The molecule has 1 aliphatic carbocycles. The molecule has 2 unspecified atom stereocenters. The van der Waals surface area contributed by atoms with Crippen molar-refractivity contribution in [1.82, 2.24) is 4.90 Å². The van der Waals surface area contributed by atoms with Crippen LogP contribution in [0.25, 0.3) is 0 Å². The Morgan fingerprint density at radius 1 is 1.20 bits per heavy atom. The Kier molecular flexibility index (Phi) is 3.99. The molecule has 1 saturated carbocycles. The van der Waals surface area contributed by atoms with Crippen LogP contribution in [0.4, 0.5) is 5.69 Å². The summed E-state index contributed by atoms with van der Waals surface area (Å²) in [6.07, 6.45) is 5.43. The van der Waals surface area contributed by atoms with Crippen molar-refractivity contribution in [2.75, 3.05) is 24.6 Å². The van der Waals surface area contributed by atoms with Crippen molar-refractivity contribution in [2.45, 2.75) is 42.9 Å². The van der Waals surface area contributed by atoms with Crippen LogP contribution in [0.1, 0.15) is 24.8 Å². The average Bonchev–Trinajstić information content (AvgIpc) is 3.15. The van der Waals surface area contributed by atoms with E-state index in [-0.39, 0.29) is 17.4 Å². The van der Waals surface area contributed by atoms with Crippen LogP contribution in [0.5, 0.6) is 0 Å². The minimum absolute atomic E-state index is 0.104. The molecule has 5 heterocycles. The number of nitrogens with zero attached hydrogens (tertiary/aromatic N) is 2. The predicted octanol–water partition coefficient (Wildman–Crippen LogP) is 1.16. The number of fused-ring (bicyclic) bond motifs is 2. The molecule has 6 atom stereocenters.